The Labute approximate surface area is 71.4 Å². The first-order valence-corrected chi connectivity index (χ1v) is 4.48. The highest BCUT2D eigenvalue weighted by molar-refractivity contribution is 5.03. The lowest BCUT2D eigenvalue weighted by atomic mass is 10.1. The van der Waals surface area contributed by atoms with Gasteiger partial charge in [0.1, 0.15) is 0 Å². The molecule has 4 atom stereocenters. The number of nitrogens with zero attached hydrogens (tertiary/aromatic N) is 1. The van der Waals surface area contributed by atoms with Gasteiger partial charge in [-0.05, 0) is 19.4 Å². The van der Waals surface area contributed by atoms with Crippen molar-refractivity contribution in [2.75, 3.05) is 13.2 Å². The predicted molar refractivity (Wildman–Crippen MR) is 42.6 cm³/mol. The van der Waals surface area contributed by atoms with E-state index in [2.05, 4.69) is 0 Å². The standard InChI is InChI=1S/C8H15NO3/c10-4-6-8(12)7(11)5-2-1-3-9(5)6/h5-8,10-12H,1-4H2/t5-,6-,7-,8+/m1/s1. The number of aliphatic hydroxyl groups excluding tert-OH is 3. The predicted octanol–water partition coefficient (Wildman–Crippen LogP) is -1.45. The summed E-state index contributed by atoms with van der Waals surface area (Å²) >= 11 is 0. The third-order valence-corrected chi connectivity index (χ3v) is 3.09. The second-order valence-corrected chi connectivity index (χ2v) is 3.68. The minimum absolute atomic E-state index is 0.0608. The molecule has 0 aromatic carbocycles. The summed E-state index contributed by atoms with van der Waals surface area (Å²) in [5.74, 6) is 0. The fourth-order valence-corrected chi connectivity index (χ4v) is 2.46. The van der Waals surface area contributed by atoms with Crippen molar-refractivity contribution in [1.82, 2.24) is 4.90 Å². The van der Waals surface area contributed by atoms with Crippen LogP contribution in [0.25, 0.3) is 0 Å². The van der Waals surface area contributed by atoms with Crippen molar-refractivity contribution < 1.29 is 15.3 Å². The average molecular weight is 173 g/mol. The van der Waals surface area contributed by atoms with Crippen LogP contribution in [-0.2, 0) is 0 Å². The van der Waals surface area contributed by atoms with Gasteiger partial charge in [-0.2, -0.15) is 0 Å². The molecule has 0 amide bonds. The Morgan fingerprint density at radius 1 is 1.25 bits per heavy atom. The first kappa shape index (κ1) is 8.44. The minimum atomic E-state index is -0.764. The molecule has 0 unspecified atom stereocenters. The van der Waals surface area contributed by atoms with Crippen LogP contribution in [0.2, 0.25) is 0 Å². The van der Waals surface area contributed by atoms with Crippen molar-refractivity contribution >= 4 is 0 Å². The van der Waals surface area contributed by atoms with Crippen LogP contribution in [0, 0.1) is 0 Å². The fourth-order valence-electron chi connectivity index (χ4n) is 2.46. The summed E-state index contributed by atoms with van der Waals surface area (Å²) in [6.45, 7) is 0.832. The van der Waals surface area contributed by atoms with E-state index >= 15 is 0 Å². The highest BCUT2D eigenvalue weighted by Gasteiger charge is 2.48. The average Bonchev–Trinajstić information content (AvgIpc) is 2.59. The van der Waals surface area contributed by atoms with Crippen LogP contribution < -0.4 is 0 Å². The molecular weight excluding hydrogens is 158 g/mol. The van der Waals surface area contributed by atoms with E-state index in [0.29, 0.717) is 0 Å². The summed E-state index contributed by atoms with van der Waals surface area (Å²) in [6, 6.07) is -0.162. The van der Waals surface area contributed by atoms with Gasteiger partial charge in [-0.1, -0.05) is 0 Å². The molecule has 2 fully saturated rings. The Morgan fingerprint density at radius 3 is 2.67 bits per heavy atom. The smallest absolute Gasteiger partial charge is 0.0991 e. The van der Waals surface area contributed by atoms with E-state index in [4.69, 9.17) is 5.11 Å². The first-order chi connectivity index (χ1) is 5.75. The van der Waals surface area contributed by atoms with E-state index in [-0.39, 0.29) is 18.7 Å². The zero-order chi connectivity index (χ0) is 8.72. The van der Waals surface area contributed by atoms with Crippen molar-refractivity contribution in [2.24, 2.45) is 0 Å². The van der Waals surface area contributed by atoms with Gasteiger partial charge in [0.2, 0.25) is 0 Å². The van der Waals surface area contributed by atoms with Gasteiger partial charge in [-0.25, -0.2) is 0 Å². The summed E-state index contributed by atoms with van der Waals surface area (Å²) in [7, 11) is 0. The Morgan fingerprint density at radius 2 is 2.00 bits per heavy atom. The van der Waals surface area contributed by atoms with Gasteiger partial charge in [-0.15, -0.1) is 0 Å². The quantitative estimate of drug-likeness (QED) is 0.454. The van der Waals surface area contributed by atoms with Crippen LogP contribution in [0.4, 0.5) is 0 Å². The molecule has 0 saturated carbocycles. The molecule has 2 aliphatic heterocycles. The van der Waals surface area contributed by atoms with Gasteiger partial charge in [0.05, 0.1) is 24.9 Å². The lowest BCUT2D eigenvalue weighted by molar-refractivity contribution is 0.0154. The Bertz CT molecular complexity index is 174. The molecule has 0 aromatic rings. The molecule has 3 N–H and O–H groups in total. The number of aliphatic hydroxyl groups is 3. The van der Waals surface area contributed by atoms with Gasteiger partial charge >= 0.3 is 0 Å². The SMILES string of the molecule is OC[C@@H]1[C@H](O)[C@H](O)[C@H]2CCCN12. The zero-order valence-electron chi connectivity index (χ0n) is 6.93. The van der Waals surface area contributed by atoms with Crippen molar-refractivity contribution in [3.05, 3.63) is 0 Å². The van der Waals surface area contributed by atoms with Crippen LogP contribution in [0.3, 0.4) is 0 Å². The highest BCUT2D eigenvalue weighted by atomic mass is 16.3. The van der Waals surface area contributed by atoms with Gasteiger partial charge in [0.25, 0.3) is 0 Å². The van der Waals surface area contributed by atoms with Crippen molar-refractivity contribution in [2.45, 2.75) is 37.1 Å². The van der Waals surface area contributed by atoms with Gasteiger partial charge < -0.3 is 15.3 Å². The lowest BCUT2D eigenvalue weighted by Crippen LogP contribution is -2.38. The molecule has 2 rings (SSSR count). The van der Waals surface area contributed by atoms with Crippen molar-refractivity contribution in [3.63, 3.8) is 0 Å². The van der Waals surface area contributed by atoms with Crippen LogP contribution >= 0.6 is 0 Å². The minimum Gasteiger partial charge on any atom is -0.395 e. The van der Waals surface area contributed by atoms with Crippen molar-refractivity contribution in [3.8, 4) is 0 Å². The molecule has 2 saturated heterocycles. The first-order valence-electron chi connectivity index (χ1n) is 4.48. The third kappa shape index (κ3) is 0.992. The van der Waals surface area contributed by atoms with E-state index in [1.54, 1.807) is 0 Å². The Hall–Kier alpha value is -0.160. The Balaban J connectivity index is 2.15. The second kappa shape index (κ2) is 2.96. The molecule has 0 aliphatic carbocycles. The molecule has 0 aromatic heterocycles. The molecule has 0 spiro atoms. The highest BCUT2D eigenvalue weighted by Crippen LogP contribution is 2.32. The lowest BCUT2D eigenvalue weighted by Gasteiger charge is -2.21. The summed E-state index contributed by atoms with van der Waals surface area (Å²) in [5, 5.41) is 28.1. The molecule has 0 radical (unpaired) electrons. The van der Waals surface area contributed by atoms with E-state index in [1.807, 2.05) is 4.90 Å². The van der Waals surface area contributed by atoms with Crippen LogP contribution in [-0.4, -0.2) is 57.7 Å². The zero-order valence-corrected chi connectivity index (χ0v) is 6.93. The van der Waals surface area contributed by atoms with Crippen LogP contribution in [0.5, 0.6) is 0 Å². The maximum Gasteiger partial charge on any atom is 0.0991 e. The monoisotopic (exact) mass is 173 g/mol. The summed E-state index contributed by atoms with van der Waals surface area (Å²) in [6.07, 6.45) is 0.574. The number of fused-ring (bicyclic) bond motifs is 1. The van der Waals surface area contributed by atoms with E-state index in [1.165, 1.54) is 0 Å². The molecule has 12 heavy (non-hydrogen) atoms. The van der Waals surface area contributed by atoms with Crippen LogP contribution in [0.1, 0.15) is 12.8 Å². The second-order valence-electron chi connectivity index (χ2n) is 3.68. The van der Waals surface area contributed by atoms with Gasteiger partial charge in [0, 0.05) is 6.04 Å². The topological polar surface area (TPSA) is 63.9 Å². The number of rotatable bonds is 1. The van der Waals surface area contributed by atoms with Crippen molar-refractivity contribution in [1.29, 1.82) is 0 Å². The van der Waals surface area contributed by atoms with E-state index < -0.39 is 12.2 Å². The van der Waals surface area contributed by atoms with Gasteiger partial charge in [-0.3, -0.25) is 4.90 Å². The summed E-state index contributed by atoms with van der Waals surface area (Å²) < 4.78 is 0. The maximum atomic E-state index is 9.57. The molecule has 4 nitrogen and oxygen atoms in total. The number of hydrogen-bond acceptors (Lipinski definition) is 4. The molecule has 2 heterocycles. The molecular formula is C8H15NO3. The molecule has 0 bridgehead atoms. The Kier molecular flexibility index (Phi) is 2.08. The fraction of sp³-hybridized carbons (Fsp3) is 1.00. The third-order valence-electron chi connectivity index (χ3n) is 3.09. The summed E-state index contributed by atoms with van der Waals surface area (Å²) in [4.78, 5) is 2.02. The molecule has 70 valence electrons. The molecule has 2 aliphatic rings. The normalized spacial score (nSPS) is 48.2. The largest absolute Gasteiger partial charge is 0.395 e. The molecule has 4 heteroatoms. The number of hydrogen-bond donors (Lipinski definition) is 3. The summed E-state index contributed by atoms with van der Waals surface area (Å²) in [5.41, 5.74) is 0. The van der Waals surface area contributed by atoms with E-state index in [0.717, 1.165) is 19.4 Å². The maximum absolute atomic E-state index is 9.57. The van der Waals surface area contributed by atoms with Crippen LogP contribution in [0.15, 0.2) is 0 Å². The van der Waals surface area contributed by atoms with Gasteiger partial charge in [0.15, 0.2) is 0 Å². The van der Waals surface area contributed by atoms with E-state index in [9.17, 15) is 10.2 Å².